The average Bonchev–Trinajstić information content (AvgIpc) is 3.22. The molecule has 1 amide bonds. The highest BCUT2D eigenvalue weighted by Gasteiger charge is 2.23. The number of aromatic nitrogens is 1. The number of nitrogens with one attached hydrogen (secondary N) is 1. The molecule has 1 atom stereocenters. The van der Waals surface area contributed by atoms with Gasteiger partial charge in [-0.1, -0.05) is 48.5 Å². The third-order valence-electron chi connectivity index (χ3n) is 4.45. The van der Waals surface area contributed by atoms with Gasteiger partial charge in [0.15, 0.2) is 17.8 Å². The summed E-state index contributed by atoms with van der Waals surface area (Å²) in [5, 5.41) is 3.01. The Hall–Kier alpha value is -3.41. The predicted molar refractivity (Wildman–Crippen MR) is 105 cm³/mol. The predicted octanol–water partition coefficient (Wildman–Crippen LogP) is 3.88. The largest absolute Gasteiger partial charge is 0.464 e. The molecule has 3 rings (SSSR count). The van der Waals surface area contributed by atoms with Gasteiger partial charge in [-0.3, -0.25) is 4.79 Å². The molecule has 0 spiro atoms. The van der Waals surface area contributed by atoms with Crippen molar-refractivity contribution in [3.8, 4) is 11.3 Å². The maximum atomic E-state index is 12.8. The van der Waals surface area contributed by atoms with E-state index in [1.54, 1.807) is 24.3 Å². The van der Waals surface area contributed by atoms with Crippen molar-refractivity contribution in [3.05, 3.63) is 77.8 Å². The Balaban J connectivity index is 1.74. The molecule has 1 N–H and O–H groups in total. The summed E-state index contributed by atoms with van der Waals surface area (Å²) in [7, 11) is 1.27. The Bertz CT molecular complexity index is 950. The lowest BCUT2D eigenvalue weighted by Crippen LogP contribution is -2.33. The average molecular weight is 378 g/mol. The lowest BCUT2D eigenvalue weighted by molar-refractivity contribution is 0.0595. The van der Waals surface area contributed by atoms with E-state index >= 15 is 0 Å². The third kappa shape index (κ3) is 4.46. The normalized spacial score (nSPS) is 11.6. The van der Waals surface area contributed by atoms with Crippen molar-refractivity contribution in [2.45, 2.75) is 25.8 Å². The Kier molecular flexibility index (Phi) is 6.22. The number of aryl methyl sites for hydroxylation is 1. The molecule has 0 bridgehead atoms. The smallest absolute Gasteiger partial charge is 0.360 e. The lowest BCUT2D eigenvalue weighted by Gasteiger charge is -2.15. The van der Waals surface area contributed by atoms with E-state index < -0.39 is 5.97 Å². The van der Waals surface area contributed by atoms with Crippen LogP contribution in [0.1, 0.15) is 39.8 Å². The van der Waals surface area contributed by atoms with Gasteiger partial charge in [-0.25, -0.2) is 9.78 Å². The van der Waals surface area contributed by atoms with Crippen LogP contribution in [0.25, 0.3) is 11.3 Å². The van der Waals surface area contributed by atoms with Gasteiger partial charge < -0.3 is 14.5 Å². The van der Waals surface area contributed by atoms with Gasteiger partial charge in [0.1, 0.15) is 0 Å². The molecular formula is C22H22N2O4. The van der Waals surface area contributed by atoms with E-state index in [1.165, 1.54) is 19.1 Å². The van der Waals surface area contributed by atoms with Crippen molar-refractivity contribution in [1.29, 1.82) is 0 Å². The standard InChI is InChI=1S/C22H22N2O4/c1-15(12-13-16-8-4-3-5-9-16)24-21(25)18-11-7-6-10-17(18)20-19(22(26)27-2)23-14-28-20/h3-11,14-15H,12-13H2,1-2H3,(H,24,25). The summed E-state index contributed by atoms with van der Waals surface area (Å²) >= 11 is 0. The molecule has 0 saturated carbocycles. The van der Waals surface area contributed by atoms with E-state index in [0.29, 0.717) is 11.1 Å². The summed E-state index contributed by atoms with van der Waals surface area (Å²) in [5.41, 5.74) is 2.18. The maximum absolute atomic E-state index is 12.8. The Morgan fingerprint density at radius 1 is 1.11 bits per heavy atom. The summed E-state index contributed by atoms with van der Waals surface area (Å²) in [6.07, 6.45) is 2.85. The molecule has 28 heavy (non-hydrogen) atoms. The first-order valence-corrected chi connectivity index (χ1v) is 9.06. The van der Waals surface area contributed by atoms with Gasteiger partial charge >= 0.3 is 5.97 Å². The van der Waals surface area contributed by atoms with Crippen LogP contribution in [0.4, 0.5) is 0 Å². The number of hydrogen-bond acceptors (Lipinski definition) is 5. The zero-order valence-electron chi connectivity index (χ0n) is 15.8. The van der Waals surface area contributed by atoms with Gasteiger partial charge in [0.05, 0.1) is 12.7 Å². The van der Waals surface area contributed by atoms with Gasteiger partial charge in [-0.2, -0.15) is 0 Å². The van der Waals surface area contributed by atoms with Crippen LogP contribution in [-0.2, 0) is 11.2 Å². The molecule has 144 valence electrons. The molecule has 2 aromatic carbocycles. The zero-order valence-corrected chi connectivity index (χ0v) is 15.8. The SMILES string of the molecule is COC(=O)c1ncoc1-c1ccccc1C(=O)NC(C)CCc1ccccc1. The first-order chi connectivity index (χ1) is 13.6. The second kappa shape index (κ2) is 8.99. The molecule has 1 aromatic heterocycles. The van der Waals surface area contributed by atoms with E-state index in [1.807, 2.05) is 25.1 Å². The molecule has 0 aliphatic heterocycles. The van der Waals surface area contributed by atoms with Crippen molar-refractivity contribution in [3.63, 3.8) is 0 Å². The molecule has 1 heterocycles. The van der Waals surface area contributed by atoms with E-state index in [2.05, 4.69) is 22.4 Å². The van der Waals surface area contributed by atoms with Crippen LogP contribution in [0.2, 0.25) is 0 Å². The lowest BCUT2D eigenvalue weighted by atomic mass is 10.0. The Morgan fingerprint density at radius 2 is 1.82 bits per heavy atom. The second-order valence-electron chi connectivity index (χ2n) is 6.47. The van der Waals surface area contributed by atoms with Gasteiger partial charge in [0, 0.05) is 11.6 Å². The van der Waals surface area contributed by atoms with Crippen molar-refractivity contribution >= 4 is 11.9 Å². The number of methoxy groups -OCH3 is 1. The quantitative estimate of drug-likeness (QED) is 0.631. The molecule has 0 radical (unpaired) electrons. The highest BCUT2D eigenvalue weighted by molar-refractivity contribution is 6.03. The summed E-state index contributed by atoms with van der Waals surface area (Å²) in [5.74, 6) is -0.631. The van der Waals surface area contributed by atoms with Crippen LogP contribution in [0, 0.1) is 0 Å². The van der Waals surface area contributed by atoms with Crippen LogP contribution in [0.15, 0.2) is 65.4 Å². The number of carbonyl (C=O) groups is 2. The number of amides is 1. The minimum Gasteiger partial charge on any atom is -0.464 e. The first-order valence-electron chi connectivity index (χ1n) is 9.06. The summed E-state index contributed by atoms with van der Waals surface area (Å²) in [6.45, 7) is 1.97. The minimum absolute atomic E-state index is 0.0180. The van der Waals surface area contributed by atoms with E-state index in [-0.39, 0.29) is 23.4 Å². The van der Waals surface area contributed by atoms with Gasteiger partial charge in [-0.05, 0) is 31.4 Å². The second-order valence-corrected chi connectivity index (χ2v) is 6.47. The Morgan fingerprint density at radius 3 is 2.57 bits per heavy atom. The van der Waals surface area contributed by atoms with Gasteiger partial charge in [0.2, 0.25) is 0 Å². The van der Waals surface area contributed by atoms with E-state index in [0.717, 1.165) is 12.8 Å². The highest BCUT2D eigenvalue weighted by Crippen LogP contribution is 2.27. The Labute approximate surface area is 163 Å². The van der Waals surface area contributed by atoms with Crippen LogP contribution in [-0.4, -0.2) is 30.0 Å². The number of rotatable bonds is 7. The molecule has 1 unspecified atom stereocenters. The van der Waals surface area contributed by atoms with Gasteiger partial charge in [-0.15, -0.1) is 0 Å². The number of esters is 1. The summed E-state index contributed by atoms with van der Waals surface area (Å²) in [4.78, 5) is 28.7. The zero-order chi connectivity index (χ0) is 19.9. The van der Waals surface area contributed by atoms with Crippen molar-refractivity contribution < 1.29 is 18.7 Å². The molecule has 0 aliphatic rings. The topological polar surface area (TPSA) is 81.4 Å². The number of hydrogen-bond donors (Lipinski definition) is 1. The number of ether oxygens (including phenoxy) is 1. The fourth-order valence-electron chi connectivity index (χ4n) is 2.96. The number of nitrogens with zero attached hydrogens (tertiary/aromatic N) is 1. The van der Waals surface area contributed by atoms with Crippen LogP contribution in [0.5, 0.6) is 0 Å². The molecule has 0 saturated heterocycles. The van der Waals surface area contributed by atoms with Gasteiger partial charge in [0.25, 0.3) is 5.91 Å². The first kappa shape index (κ1) is 19.4. The third-order valence-corrected chi connectivity index (χ3v) is 4.45. The van der Waals surface area contributed by atoms with Crippen LogP contribution >= 0.6 is 0 Å². The molecule has 0 aliphatic carbocycles. The molecule has 6 heteroatoms. The number of benzene rings is 2. The molecule has 0 fully saturated rings. The minimum atomic E-state index is -0.616. The molecular weight excluding hydrogens is 356 g/mol. The maximum Gasteiger partial charge on any atom is 0.360 e. The molecule has 3 aromatic rings. The van der Waals surface area contributed by atoms with Crippen LogP contribution in [0.3, 0.4) is 0 Å². The van der Waals surface area contributed by atoms with Crippen molar-refractivity contribution in [2.24, 2.45) is 0 Å². The monoisotopic (exact) mass is 378 g/mol. The van der Waals surface area contributed by atoms with Crippen LogP contribution < -0.4 is 5.32 Å². The highest BCUT2D eigenvalue weighted by atomic mass is 16.5. The van der Waals surface area contributed by atoms with Crippen molar-refractivity contribution in [2.75, 3.05) is 7.11 Å². The number of oxazole rings is 1. The van der Waals surface area contributed by atoms with E-state index in [9.17, 15) is 9.59 Å². The van der Waals surface area contributed by atoms with Crippen molar-refractivity contribution in [1.82, 2.24) is 10.3 Å². The number of carbonyl (C=O) groups excluding carboxylic acids is 2. The fourth-order valence-corrected chi connectivity index (χ4v) is 2.96. The van der Waals surface area contributed by atoms with E-state index in [4.69, 9.17) is 9.15 Å². The molecule has 6 nitrogen and oxygen atoms in total. The summed E-state index contributed by atoms with van der Waals surface area (Å²) < 4.78 is 10.1. The fraction of sp³-hybridized carbons (Fsp3) is 0.227. The summed E-state index contributed by atoms with van der Waals surface area (Å²) in [6, 6.07) is 17.1.